The van der Waals surface area contributed by atoms with E-state index in [2.05, 4.69) is 4.98 Å². The molecule has 2 heterocycles. The van der Waals surface area contributed by atoms with E-state index in [0.29, 0.717) is 18.3 Å². The lowest BCUT2D eigenvalue weighted by Crippen LogP contribution is -2.37. The number of hydrogen-bond acceptors (Lipinski definition) is 3. The number of sulfonamides is 1. The smallest absolute Gasteiger partial charge is 0.243 e. The van der Waals surface area contributed by atoms with Gasteiger partial charge in [0.05, 0.1) is 0 Å². The highest BCUT2D eigenvalue weighted by Crippen LogP contribution is 2.40. The number of halogens is 1. The van der Waals surface area contributed by atoms with Crippen molar-refractivity contribution in [2.24, 2.45) is 5.92 Å². The van der Waals surface area contributed by atoms with Crippen LogP contribution >= 0.6 is 11.6 Å². The molecule has 1 aliphatic carbocycles. The highest BCUT2D eigenvalue weighted by atomic mass is 35.5. The van der Waals surface area contributed by atoms with E-state index in [-0.39, 0.29) is 11.1 Å². The SMILES string of the molecule is O=S(=O)(c1ccc(CCl)cn1)N1CC2CCC1C2. The monoisotopic (exact) mass is 286 g/mol. The summed E-state index contributed by atoms with van der Waals surface area (Å²) >= 11 is 5.67. The summed E-state index contributed by atoms with van der Waals surface area (Å²) < 4.78 is 26.5. The van der Waals surface area contributed by atoms with Crippen LogP contribution in [0.3, 0.4) is 0 Å². The van der Waals surface area contributed by atoms with Gasteiger partial charge in [-0.25, -0.2) is 13.4 Å². The molecule has 2 atom stereocenters. The van der Waals surface area contributed by atoms with Crippen LogP contribution in [0.15, 0.2) is 23.4 Å². The molecule has 98 valence electrons. The summed E-state index contributed by atoms with van der Waals surface area (Å²) in [6, 6.07) is 3.47. The topological polar surface area (TPSA) is 50.3 Å². The zero-order valence-electron chi connectivity index (χ0n) is 9.92. The van der Waals surface area contributed by atoms with Gasteiger partial charge in [0, 0.05) is 24.7 Å². The van der Waals surface area contributed by atoms with Crippen molar-refractivity contribution in [3.05, 3.63) is 23.9 Å². The lowest BCUT2D eigenvalue weighted by atomic mass is 10.1. The molecule has 18 heavy (non-hydrogen) atoms. The zero-order valence-corrected chi connectivity index (χ0v) is 11.5. The Hall–Kier alpha value is -0.650. The molecule has 1 saturated carbocycles. The van der Waals surface area contributed by atoms with Crippen LogP contribution in [-0.2, 0) is 15.9 Å². The number of hydrogen-bond donors (Lipinski definition) is 0. The van der Waals surface area contributed by atoms with Gasteiger partial charge in [0.2, 0.25) is 0 Å². The number of alkyl halides is 1. The largest absolute Gasteiger partial charge is 0.260 e. The Morgan fingerprint density at radius 2 is 2.22 bits per heavy atom. The van der Waals surface area contributed by atoms with Crippen molar-refractivity contribution in [1.82, 2.24) is 9.29 Å². The standard InChI is InChI=1S/C12H15ClN2O2S/c13-6-10-2-4-12(14-7-10)18(16,17)15-8-9-1-3-11(15)5-9/h2,4,7,9,11H,1,3,5-6,8H2. The van der Waals surface area contributed by atoms with Crippen LogP contribution in [-0.4, -0.2) is 30.3 Å². The van der Waals surface area contributed by atoms with E-state index in [1.54, 1.807) is 16.4 Å². The third-order valence-electron chi connectivity index (χ3n) is 3.88. The summed E-state index contributed by atoms with van der Waals surface area (Å²) in [5, 5.41) is 0.143. The van der Waals surface area contributed by atoms with Crippen LogP contribution in [0.25, 0.3) is 0 Å². The predicted molar refractivity (Wildman–Crippen MR) is 68.8 cm³/mol. The zero-order chi connectivity index (χ0) is 12.8. The van der Waals surface area contributed by atoms with Crippen molar-refractivity contribution in [2.45, 2.75) is 36.2 Å². The number of fused-ring (bicyclic) bond motifs is 2. The normalized spacial score (nSPS) is 27.8. The maximum absolute atomic E-state index is 12.5. The molecule has 1 saturated heterocycles. The van der Waals surface area contributed by atoms with E-state index in [9.17, 15) is 8.42 Å². The molecule has 0 aromatic carbocycles. The summed E-state index contributed by atoms with van der Waals surface area (Å²) in [5.74, 6) is 0.897. The van der Waals surface area contributed by atoms with Crippen LogP contribution < -0.4 is 0 Å². The summed E-state index contributed by atoms with van der Waals surface area (Å²) in [4.78, 5) is 4.04. The molecule has 0 N–H and O–H groups in total. The van der Waals surface area contributed by atoms with Gasteiger partial charge in [0.15, 0.2) is 5.03 Å². The molecule has 1 aliphatic heterocycles. The van der Waals surface area contributed by atoms with Gasteiger partial charge in [0.25, 0.3) is 10.0 Å². The molecule has 6 heteroatoms. The first-order valence-corrected chi connectivity index (χ1v) is 8.11. The Bertz CT molecular complexity index is 544. The average molecular weight is 287 g/mol. The number of rotatable bonds is 3. The summed E-state index contributed by atoms with van der Waals surface area (Å²) in [6.45, 7) is 0.659. The number of pyridine rings is 1. The molecule has 0 spiro atoms. The Balaban J connectivity index is 1.89. The first-order valence-electron chi connectivity index (χ1n) is 6.14. The minimum Gasteiger partial charge on any atom is -0.243 e. The molecule has 2 unspecified atom stereocenters. The molecule has 1 aromatic rings. The summed E-state index contributed by atoms with van der Waals surface area (Å²) in [7, 11) is -3.42. The van der Waals surface area contributed by atoms with E-state index in [0.717, 1.165) is 24.8 Å². The minimum atomic E-state index is -3.42. The number of nitrogens with zero attached hydrogens (tertiary/aromatic N) is 2. The molecule has 0 amide bonds. The van der Waals surface area contributed by atoms with Gasteiger partial charge in [-0.2, -0.15) is 4.31 Å². The fourth-order valence-electron chi connectivity index (χ4n) is 2.94. The Morgan fingerprint density at radius 1 is 1.39 bits per heavy atom. The van der Waals surface area contributed by atoms with E-state index in [4.69, 9.17) is 11.6 Å². The van der Waals surface area contributed by atoms with Crippen LogP contribution in [0.1, 0.15) is 24.8 Å². The summed E-state index contributed by atoms with van der Waals surface area (Å²) in [5.41, 5.74) is 0.832. The quantitative estimate of drug-likeness (QED) is 0.799. The molecule has 2 aliphatic rings. The molecule has 3 rings (SSSR count). The fraction of sp³-hybridized carbons (Fsp3) is 0.583. The average Bonchev–Trinajstić information content (AvgIpc) is 3.01. The van der Waals surface area contributed by atoms with Gasteiger partial charge in [-0.05, 0) is 36.8 Å². The van der Waals surface area contributed by atoms with Crippen molar-refractivity contribution < 1.29 is 8.42 Å². The van der Waals surface area contributed by atoms with Gasteiger partial charge >= 0.3 is 0 Å². The highest BCUT2D eigenvalue weighted by Gasteiger charge is 2.44. The minimum absolute atomic E-state index is 0.143. The lowest BCUT2D eigenvalue weighted by Gasteiger charge is -2.25. The van der Waals surface area contributed by atoms with E-state index >= 15 is 0 Å². The molecular weight excluding hydrogens is 272 g/mol. The highest BCUT2D eigenvalue weighted by molar-refractivity contribution is 7.89. The van der Waals surface area contributed by atoms with Gasteiger partial charge < -0.3 is 0 Å². The first-order chi connectivity index (χ1) is 8.61. The number of aromatic nitrogens is 1. The second-order valence-corrected chi connectivity index (χ2v) is 7.15. The molecule has 2 bridgehead atoms. The Labute approximate surface area is 112 Å². The molecule has 2 fully saturated rings. The van der Waals surface area contributed by atoms with Gasteiger partial charge in [-0.1, -0.05) is 6.07 Å². The Morgan fingerprint density at radius 3 is 2.72 bits per heavy atom. The molecule has 0 radical (unpaired) electrons. The maximum atomic E-state index is 12.5. The van der Waals surface area contributed by atoms with Crippen molar-refractivity contribution in [2.75, 3.05) is 6.54 Å². The van der Waals surface area contributed by atoms with Crippen molar-refractivity contribution in [3.63, 3.8) is 0 Å². The number of piperidine rings is 1. The van der Waals surface area contributed by atoms with Crippen LogP contribution in [0.2, 0.25) is 0 Å². The van der Waals surface area contributed by atoms with Crippen molar-refractivity contribution in [3.8, 4) is 0 Å². The second-order valence-electron chi connectivity index (χ2n) is 5.05. The van der Waals surface area contributed by atoms with Crippen LogP contribution in [0.5, 0.6) is 0 Å². The second kappa shape index (κ2) is 4.47. The third kappa shape index (κ3) is 1.94. The molecule has 1 aromatic heterocycles. The van der Waals surface area contributed by atoms with Crippen LogP contribution in [0, 0.1) is 5.92 Å². The fourth-order valence-corrected chi connectivity index (χ4v) is 4.75. The van der Waals surface area contributed by atoms with Gasteiger partial charge in [0.1, 0.15) is 0 Å². The summed E-state index contributed by atoms with van der Waals surface area (Å²) in [6.07, 6.45) is 4.70. The van der Waals surface area contributed by atoms with E-state index < -0.39 is 10.0 Å². The predicted octanol–water partition coefficient (Wildman–Crippen LogP) is 1.99. The molecular formula is C12H15ClN2O2S. The third-order valence-corrected chi connectivity index (χ3v) is 6.03. The first kappa shape index (κ1) is 12.4. The van der Waals surface area contributed by atoms with E-state index in [1.165, 1.54) is 6.20 Å². The van der Waals surface area contributed by atoms with Crippen molar-refractivity contribution >= 4 is 21.6 Å². The van der Waals surface area contributed by atoms with E-state index in [1.807, 2.05) is 0 Å². The van der Waals surface area contributed by atoms with Gasteiger partial charge in [-0.3, -0.25) is 0 Å². The van der Waals surface area contributed by atoms with Gasteiger partial charge in [-0.15, -0.1) is 11.6 Å². The molecule has 4 nitrogen and oxygen atoms in total. The lowest BCUT2D eigenvalue weighted by molar-refractivity contribution is 0.332. The Kier molecular flexibility index (Phi) is 3.08. The maximum Gasteiger partial charge on any atom is 0.260 e. The van der Waals surface area contributed by atoms with Crippen LogP contribution in [0.4, 0.5) is 0 Å². The van der Waals surface area contributed by atoms with Crippen molar-refractivity contribution in [1.29, 1.82) is 0 Å².